The minimum Gasteiger partial charge on any atom is -0.497 e. The third-order valence-corrected chi connectivity index (χ3v) is 4.61. The lowest BCUT2D eigenvalue weighted by atomic mass is 9.94. The molecule has 0 spiro atoms. The second kappa shape index (κ2) is 8.43. The van der Waals surface area contributed by atoms with E-state index in [1.54, 1.807) is 14.2 Å². The van der Waals surface area contributed by atoms with Crippen LogP contribution in [0.4, 0.5) is 0 Å². The Balaban J connectivity index is 2.04. The molecule has 0 unspecified atom stereocenters. The molecule has 1 aromatic rings. The van der Waals surface area contributed by atoms with Gasteiger partial charge < -0.3 is 19.3 Å². The van der Waals surface area contributed by atoms with E-state index in [0.717, 1.165) is 12.0 Å². The standard InChI is InChI=1S/C20H30N2O4/c1-20(2,3)19(24)22-10-6-9-21(11-12-22)18(23)14-15-13-16(25-4)7-8-17(15)26-5/h7-8,13H,6,9-12,14H2,1-5H3. The van der Waals surface area contributed by atoms with Gasteiger partial charge in [0, 0.05) is 37.2 Å². The van der Waals surface area contributed by atoms with Gasteiger partial charge in [-0.05, 0) is 24.6 Å². The van der Waals surface area contributed by atoms with Gasteiger partial charge in [0.1, 0.15) is 11.5 Å². The molecule has 1 saturated heterocycles. The molecule has 6 heteroatoms. The predicted molar refractivity (Wildman–Crippen MR) is 100 cm³/mol. The third kappa shape index (κ3) is 4.90. The van der Waals surface area contributed by atoms with Crippen molar-refractivity contribution in [2.24, 2.45) is 5.41 Å². The first-order valence-corrected chi connectivity index (χ1v) is 9.04. The quantitative estimate of drug-likeness (QED) is 0.825. The summed E-state index contributed by atoms with van der Waals surface area (Å²) in [6, 6.07) is 5.46. The number of hydrogen-bond acceptors (Lipinski definition) is 4. The molecule has 0 N–H and O–H groups in total. The Morgan fingerprint density at radius 1 is 1.00 bits per heavy atom. The molecule has 2 rings (SSSR count). The van der Waals surface area contributed by atoms with Gasteiger partial charge in [0.2, 0.25) is 11.8 Å². The first-order valence-electron chi connectivity index (χ1n) is 9.04. The lowest BCUT2D eigenvalue weighted by Gasteiger charge is -2.28. The van der Waals surface area contributed by atoms with Crippen LogP contribution < -0.4 is 9.47 Å². The van der Waals surface area contributed by atoms with Gasteiger partial charge in [0.05, 0.1) is 20.6 Å². The summed E-state index contributed by atoms with van der Waals surface area (Å²) in [7, 11) is 3.20. The predicted octanol–water partition coefficient (Wildman–Crippen LogP) is 2.35. The van der Waals surface area contributed by atoms with Gasteiger partial charge in [0.15, 0.2) is 0 Å². The van der Waals surface area contributed by atoms with E-state index in [9.17, 15) is 9.59 Å². The Labute approximate surface area is 156 Å². The molecule has 1 aliphatic heterocycles. The van der Waals surface area contributed by atoms with Crippen LogP contribution in [0.1, 0.15) is 32.8 Å². The monoisotopic (exact) mass is 362 g/mol. The fourth-order valence-electron chi connectivity index (χ4n) is 3.14. The number of nitrogens with zero attached hydrogens (tertiary/aromatic N) is 2. The van der Waals surface area contributed by atoms with Crippen LogP contribution in [0.2, 0.25) is 0 Å². The van der Waals surface area contributed by atoms with E-state index < -0.39 is 5.41 Å². The van der Waals surface area contributed by atoms with Gasteiger partial charge in [-0.3, -0.25) is 9.59 Å². The molecule has 0 atom stereocenters. The third-order valence-electron chi connectivity index (χ3n) is 4.61. The van der Waals surface area contributed by atoms with E-state index in [0.29, 0.717) is 37.7 Å². The number of benzene rings is 1. The summed E-state index contributed by atoms with van der Waals surface area (Å²) in [6.45, 7) is 8.29. The number of hydrogen-bond donors (Lipinski definition) is 0. The SMILES string of the molecule is COc1ccc(OC)c(CC(=O)N2CCCN(C(=O)C(C)(C)C)CC2)c1. The summed E-state index contributed by atoms with van der Waals surface area (Å²) < 4.78 is 10.6. The van der Waals surface area contributed by atoms with Crippen molar-refractivity contribution >= 4 is 11.8 Å². The maximum Gasteiger partial charge on any atom is 0.228 e. The molecular formula is C20H30N2O4. The summed E-state index contributed by atoms with van der Waals surface area (Å²) in [4.78, 5) is 29.0. The molecule has 0 radical (unpaired) electrons. The lowest BCUT2D eigenvalue weighted by Crippen LogP contribution is -2.42. The van der Waals surface area contributed by atoms with Gasteiger partial charge in [0.25, 0.3) is 0 Å². The molecule has 0 aliphatic carbocycles. The highest BCUT2D eigenvalue weighted by atomic mass is 16.5. The first-order chi connectivity index (χ1) is 12.3. The summed E-state index contributed by atoms with van der Waals surface area (Å²) in [5.41, 5.74) is 0.413. The van der Waals surface area contributed by atoms with Crippen LogP contribution in [0.25, 0.3) is 0 Å². The molecule has 1 fully saturated rings. The molecule has 26 heavy (non-hydrogen) atoms. The van der Waals surface area contributed by atoms with Crippen LogP contribution >= 0.6 is 0 Å². The molecule has 1 aliphatic rings. The van der Waals surface area contributed by atoms with Crippen LogP contribution in [0.5, 0.6) is 11.5 Å². The van der Waals surface area contributed by atoms with Crippen LogP contribution in [0, 0.1) is 5.41 Å². The fraction of sp³-hybridized carbons (Fsp3) is 0.600. The van der Waals surface area contributed by atoms with Gasteiger partial charge >= 0.3 is 0 Å². The van der Waals surface area contributed by atoms with Crippen molar-refractivity contribution in [3.05, 3.63) is 23.8 Å². The Morgan fingerprint density at radius 3 is 2.27 bits per heavy atom. The molecule has 1 aromatic carbocycles. The van der Waals surface area contributed by atoms with E-state index in [1.807, 2.05) is 48.8 Å². The molecule has 0 saturated carbocycles. The van der Waals surface area contributed by atoms with Crippen molar-refractivity contribution in [3.8, 4) is 11.5 Å². The Hall–Kier alpha value is -2.24. The van der Waals surface area contributed by atoms with E-state index in [-0.39, 0.29) is 18.2 Å². The zero-order valence-electron chi connectivity index (χ0n) is 16.5. The molecule has 144 valence electrons. The van der Waals surface area contributed by atoms with Gasteiger partial charge in [-0.2, -0.15) is 0 Å². The van der Waals surface area contributed by atoms with Crippen LogP contribution in [0.3, 0.4) is 0 Å². The van der Waals surface area contributed by atoms with E-state index in [4.69, 9.17) is 9.47 Å². The average Bonchev–Trinajstić information content (AvgIpc) is 2.86. The second-order valence-corrected chi connectivity index (χ2v) is 7.63. The number of methoxy groups -OCH3 is 2. The molecule has 6 nitrogen and oxygen atoms in total. The van der Waals surface area contributed by atoms with Crippen molar-refractivity contribution in [2.45, 2.75) is 33.6 Å². The topological polar surface area (TPSA) is 59.1 Å². The van der Waals surface area contributed by atoms with E-state index >= 15 is 0 Å². The Bertz CT molecular complexity index is 652. The highest BCUT2D eigenvalue weighted by Gasteiger charge is 2.29. The first kappa shape index (κ1) is 20.1. The number of carbonyl (C=O) groups is 2. The molecule has 2 amide bonds. The van der Waals surface area contributed by atoms with Crippen LogP contribution in [0.15, 0.2) is 18.2 Å². The Morgan fingerprint density at radius 2 is 1.65 bits per heavy atom. The van der Waals surface area contributed by atoms with Crippen LogP contribution in [-0.2, 0) is 16.0 Å². The maximum atomic E-state index is 12.8. The van der Waals surface area contributed by atoms with Gasteiger partial charge in [-0.15, -0.1) is 0 Å². The highest BCUT2D eigenvalue weighted by molar-refractivity contribution is 5.82. The van der Waals surface area contributed by atoms with E-state index in [2.05, 4.69) is 0 Å². The molecular weight excluding hydrogens is 332 g/mol. The zero-order chi connectivity index (χ0) is 19.3. The van der Waals surface area contributed by atoms with Crippen molar-refractivity contribution in [2.75, 3.05) is 40.4 Å². The fourth-order valence-corrected chi connectivity index (χ4v) is 3.14. The molecule has 1 heterocycles. The molecule has 0 bridgehead atoms. The summed E-state index contributed by atoms with van der Waals surface area (Å²) >= 11 is 0. The largest absolute Gasteiger partial charge is 0.497 e. The second-order valence-electron chi connectivity index (χ2n) is 7.63. The minimum atomic E-state index is -0.396. The minimum absolute atomic E-state index is 0.0432. The highest BCUT2D eigenvalue weighted by Crippen LogP contribution is 2.25. The number of ether oxygens (including phenoxy) is 2. The van der Waals surface area contributed by atoms with Crippen molar-refractivity contribution in [3.63, 3.8) is 0 Å². The summed E-state index contributed by atoms with van der Waals surface area (Å²) in [6.07, 6.45) is 1.05. The smallest absolute Gasteiger partial charge is 0.228 e. The number of carbonyl (C=O) groups excluding carboxylic acids is 2. The van der Waals surface area contributed by atoms with Crippen molar-refractivity contribution < 1.29 is 19.1 Å². The average molecular weight is 362 g/mol. The number of amides is 2. The van der Waals surface area contributed by atoms with Crippen LogP contribution in [-0.4, -0.2) is 62.0 Å². The van der Waals surface area contributed by atoms with E-state index in [1.165, 1.54) is 0 Å². The molecule has 0 aromatic heterocycles. The Kier molecular flexibility index (Phi) is 6.51. The summed E-state index contributed by atoms with van der Waals surface area (Å²) in [5.74, 6) is 1.56. The number of rotatable bonds is 4. The lowest BCUT2D eigenvalue weighted by molar-refractivity contribution is -0.139. The van der Waals surface area contributed by atoms with Crippen molar-refractivity contribution in [1.82, 2.24) is 9.80 Å². The normalized spacial score (nSPS) is 15.4. The maximum absolute atomic E-state index is 12.8. The van der Waals surface area contributed by atoms with Gasteiger partial charge in [-0.25, -0.2) is 0 Å². The van der Waals surface area contributed by atoms with Crippen molar-refractivity contribution in [1.29, 1.82) is 0 Å². The summed E-state index contributed by atoms with van der Waals surface area (Å²) in [5, 5.41) is 0. The van der Waals surface area contributed by atoms with Gasteiger partial charge in [-0.1, -0.05) is 20.8 Å². The zero-order valence-corrected chi connectivity index (χ0v) is 16.5.